The summed E-state index contributed by atoms with van der Waals surface area (Å²) in [4.78, 5) is 34.6. The lowest BCUT2D eigenvalue weighted by Crippen LogP contribution is -2.22. The van der Waals surface area contributed by atoms with E-state index in [4.69, 9.17) is 11.6 Å². The fourth-order valence-corrected chi connectivity index (χ4v) is 4.87. The van der Waals surface area contributed by atoms with Crippen molar-refractivity contribution in [2.75, 3.05) is 0 Å². The number of pyridine rings is 1. The highest BCUT2D eigenvalue weighted by Crippen LogP contribution is 2.38. The van der Waals surface area contributed by atoms with E-state index < -0.39 is 11.8 Å². The van der Waals surface area contributed by atoms with Crippen LogP contribution in [0.4, 0.5) is 0 Å². The molecule has 0 saturated carbocycles. The quantitative estimate of drug-likeness (QED) is 0.371. The largest absolute Gasteiger partial charge is 0.347 e. The topological polar surface area (TPSA) is 99.6 Å². The molecular formula is C25H20ClN7O2. The van der Waals surface area contributed by atoms with Crippen LogP contribution in [0.2, 0.25) is 5.02 Å². The van der Waals surface area contributed by atoms with Crippen LogP contribution in [0.1, 0.15) is 17.7 Å². The van der Waals surface area contributed by atoms with Crippen LogP contribution in [0, 0.1) is 0 Å². The monoisotopic (exact) mass is 485 g/mol. The van der Waals surface area contributed by atoms with Crippen LogP contribution in [0.3, 0.4) is 0 Å². The van der Waals surface area contributed by atoms with Gasteiger partial charge >= 0.3 is 0 Å². The van der Waals surface area contributed by atoms with E-state index in [1.807, 2.05) is 35.2 Å². The molecule has 0 radical (unpaired) electrons. The Morgan fingerprint density at radius 1 is 1.03 bits per heavy atom. The highest BCUT2D eigenvalue weighted by Gasteiger charge is 2.36. The number of imide groups is 1. The molecule has 0 atom stereocenters. The van der Waals surface area contributed by atoms with Gasteiger partial charge in [-0.1, -0.05) is 17.7 Å². The van der Waals surface area contributed by atoms with Crippen LogP contribution in [-0.2, 0) is 29.7 Å². The standard InChI is InChI=1S/C25H20ClN7O2/c1-31-23-17(4-2-7-28-23)22(30-31)21-20(24(34)29-25(21)35)18-13-33(10-3-9-32-11-8-27-14-32)19-12-15(26)5-6-16(18)19/h2,4-8,11-14H,3,9-10H2,1H3,(H,29,34,35). The van der Waals surface area contributed by atoms with E-state index in [1.165, 1.54) is 0 Å². The minimum absolute atomic E-state index is 0.251. The van der Waals surface area contributed by atoms with E-state index in [9.17, 15) is 9.59 Å². The first-order valence-electron chi connectivity index (χ1n) is 11.1. The molecule has 0 saturated heterocycles. The zero-order chi connectivity index (χ0) is 24.1. The molecule has 1 aromatic carbocycles. The van der Waals surface area contributed by atoms with Crippen molar-refractivity contribution in [2.45, 2.75) is 19.5 Å². The third-order valence-electron chi connectivity index (χ3n) is 6.25. The van der Waals surface area contributed by atoms with Crippen molar-refractivity contribution in [1.29, 1.82) is 0 Å². The van der Waals surface area contributed by atoms with Gasteiger partial charge in [0.2, 0.25) is 0 Å². The van der Waals surface area contributed by atoms with Crippen LogP contribution in [0.15, 0.2) is 61.4 Å². The number of hydrogen-bond acceptors (Lipinski definition) is 5. The number of nitrogens with one attached hydrogen (secondary N) is 1. The molecule has 2 amide bonds. The number of benzene rings is 1. The van der Waals surface area contributed by atoms with Crippen molar-refractivity contribution < 1.29 is 9.59 Å². The summed E-state index contributed by atoms with van der Waals surface area (Å²) in [6.45, 7) is 1.50. The molecule has 4 aromatic heterocycles. The lowest BCUT2D eigenvalue weighted by molar-refractivity contribution is -0.122. The van der Waals surface area contributed by atoms with E-state index in [-0.39, 0.29) is 5.57 Å². The molecule has 5 aromatic rings. The van der Waals surface area contributed by atoms with Crippen LogP contribution in [-0.4, -0.2) is 40.7 Å². The molecule has 0 unspecified atom stereocenters. The molecule has 1 aliphatic rings. The smallest absolute Gasteiger partial charge is 0.261 e. The number of carbonyl (C=O) groups excluding carboxylic acids is 2. The summed E-state index contributed by atoms with van der Waals surface area (Å²) in [7, 11) is 1.77. The van der Waals surface area contributed by atoms with Gasteiger partial charge in [0.1, 0.15) is 5.69 Å². The zero-order valence-electron chi connectivity index (χ0n) is 18.8. The van der Waals surface area contributed by atoms with Gasteiger partial charge in [-0.05, 0) is 30.7 Å². The summed E-state index contributed by atoms with van der Waals surface area (Å²) in [5.74, 6) is -0.913. The molecule has 10 heteroatoms. The number of aryl methyl sites for hydroxylation is 3. The number of halogens is 1. The number of fused-ring (bicyclic) bond motifs is 2. The third-order valence-corrected chi connectivity index (χ3v) is 6.49. The zero-order valence-corrected chi connectivity index (χ0v) is 19.5. The normalized spacial score (nSPS) is 14.0. The predicted octanol–water partition coefficient (Wildman–Crippen LogP) is 3.43. The number of aromatic nitrogens is 6. The first-order valence-corrected chi connectivity index (χ1v) is 11.5. The third kappa shape index (κ3) is 3.52. The Morgan fingerprint density at radius 3 is 2.71 bits per heavy atom. The second-order valence-electron chi connectivity index (χ2n) is 8.43. The number of imidazole rings is 1. The van der Waals surface area contributed by atoms with Gasteiger partial charge in [-0.3, -0.25) is 14.9 Å². The molecular weight excluding hydrogens is 466 g/mol. The Balaban J connectivity index is 1.51. The van der Waals surface area contributed by atoms with Crippen molar-refractivity contribution in [2.24, 2.45) is 7.05 Å². The Hall–Kier alpha value is -4.24. The Labute approximate surface area is 204 Å². The number of nitrogens with zero attached hydrogens (tertiary/aromatic N) is 6. The van der Waals surface area contributed by atoms with E-state index >= 15 is 0 Å². The van der Waals surface area contributed by atoms with Crippen LogP contribution in [0.25, 0.3) is 33.1 Å². The predicted molar refractivity (Wildman–Crippen MR) is 132 cm³/mol. The molecule has 0 spiro atoms. The minimum Gasteiger partial charge on any atom is -0.347 e. The summed E-state index contributed by atoms with van der Waals surface area (Å²) >= 11 is 6.33. The van der Waals surface area contributed by atoms with E-state index in [0.29, 0.717) is 39.4 Å². The maximum absolute atomic E-state index is 13.1. The molecule has 1 aliphatic heterocycles. The van der Waals surface area contributed by atoms with Gasteiger partial charge in [-0.15, -0.1) is 0 Å². The first kappa shape index (κ1) is 21.3. The maximum Gasteiger partial charge on any atom is 0.261 e. The van der Waals surface area contributed by atoms with Crippen molar-refractivity contribution >= 4 is 56.5 Å². The van der Waals surface area contributed by atoms with Gasteiger partial charge in [0.05, 0.1) is 23.0 Å². The number of amides is 2. The van der Waals surface area contributed by atoms with Gasteiger partial charge in [0.15, 0.2) is 5.65 Å². The van der Waals surface area contributed by atoms with Crippen molar-refractivity contribution in [3.8, 4) is 0 Å². The highest BCUT2D eigenvalue weighted by molar-refractivity contribution is 6.50. The van der Waals surface area contributed by atoms with E-state index in [0.717, 1.165) is 23.9 Å². The second-order valence-corrected chi connectivity index (χ2v) is 8.87. The second kappa shape index (κ2) is 8.21. The lowest BCUT2D eigenvalue weighted by atomic mass is 9.98. The van der Waals surface area contributed by atoms with Gasteiger partial charge in [0, 0.05) is 66.3 Å². The molecule has 0 bridgehead atoms. The van der Waals surface area contributed by atoms with Crippen molar-refractivity contribution in [1.82, 2.24) is 34.2 Å². The van der Waals surface area contributed by atoms with Crippen LogP contribution < -0.4 is 5.32 Å². The Bertz CT molecular complexity index is 1660. The van der Waals surface area contributed by atoms with Gasteiger partial charge in [0.25, 0.3) is 11.8 Å². The van der Waals surface area contributed by atoms with Gasteiger partial charge < -0.3 is 9.13 Å². The minimum atomic E-state index is -0.469. The molecule has 0 aliphatic carbocycles. The summed E-state index contributed by atoms with van der Waals surface area (Å²) in [5, 5.41) is 9.17. The van der Waals surface area contributed by atoms with Crippen molar-refractivity contribution in [3.05, 3.63) is 77.7 Å². The lowest BCUT2D eigenvalue weighted by Gasteiger charge is -2.06. The summed E-state index contributed by atoms with van der Waals surface area (Å²) in [6.07, 6.45) is 9.90. The molecule has 1 N–H and O–H groups in total. The van der Waals surface area contributed by atoms with Crippen LogP contribution >= 0.6 is 11.6 Å². The summed E-state index contributed by atoms with van der Waals surface area (Å²) < 4.78 is 5.71. The van der Waals surface area contributed by atoms with Gasteiger partial charge in [-0.2, -0.15) is 5.10 Å². The average Bonchev–Trinajstić information content (AvgIpc) is 3.61. The fourth-order valence-electron chi connectivity index (χ4n) is 4.71. The molecule has 0 fully saturated rings. The Kier molecular flexibility index (Phi) is 5.00. The van der Waals surface area contributed by atoms with Crippen LogP contribution in [0.5, 0.6) is 0 Å². The maximum atomic E-state index is 13.1. The average molecular weight is 486 g/mol. The molecule has 6 rings (SSSR count). The number of rotatable bonds is 6. The molecule has 5 heterocycles. The first-order chi connectivity index (χ1) is 17.0. The SMILES string of the molecule is Cn1nc(C2=C(c3cn(CCCn4ccnc4)c4cc(Cl)ccc34)C(=O)NC2=O)c2cccnc21. The molecule has 174 valence electrons. The number of hydrogen-bond donors (Lipinski definition) is 1. The molecule has 9 nitrogen and oxygen atoms in total. The summed E-state index contributed by atoms with van der Waals surface area (Å²) in [6, 6.07) is 9.20. The highest BCUT2D eigenvalue weighted by atomic mass is 35.5. The van der Waals surface area contributed by atoms with E-state index in [2.05, 4.69) is 25.0 Å². The van der Waals surface area contributed by atoms with E-state index in [1.54, 1.807) is 42.6 Å². The summed E-state index contributed by atoms with van der Waals surface area (Å²) in [5.41, 5.74) is 3.18. The number of carbonyl (C=O) groups is 2. The van der Waals surface area contributed by atoms with Crippen molar-refractivity contribution in [3.63, 3.8) is 0 Å². The Morgan fingerprint density at radius 2 is 1.89 bits per heavy atom. The fraction of sp³-hybridized carbons (Fsp3) is 0.160. The van der Waals surface area contributed by atoms with Gasteiger partial charge in [-0.25, -0.2) is 14.6 Å². The molecule has 35 heavy (non-hydrogen) atoms.